The first-order valence-electron chi connectivity index (χ1n) is 6.28. The highest BCUT2D eigenvalue weighted by Crippen LogP contribution is 2.21. The largest absolute Gasteiger partial charge is 0.300 e. The maximum absolute atomic E-state index is 13.1. The minimum Gasteiger partial charge on any atom is -0.300 e. The van der Waals surface area contributed by atoms with Crippen molar-refractivity contribution in [2.45, 2.75) is 38.6 Å². The van der Waals surface area contributed by atoms with Crippen molar-refractivity contribution in [1.82, 2.24) is 4.90 Å². The van der Waals surface area contributed by atoms with E-state index in [0.717, 1.165) is 12.0 Å². The number of halogens is 1. The Morgan fingerprint density at radius 1 is 1.44 bits per heavy atom. The van der Waals surface area contributed by atoms with E-state index in [-0.39, 0.29) is 5.82 Å². The van der Waals surface area contributed by atoms with Crippen molar-refractivity contribution in [3.05, 3.63) is 35.6 Å². The summed E-state index contributed by atoms with van der Waals surface area (Å²) in [5.41, 5.74) is 1.13. The molecule has 0 saturated carbocycles. The lowest BCUT2D eigenvalue weighted by Crippen LogP contribution is -2.31. The van der Waals surface area contributed by atoms with Crippen LogP contribution in [0.25, 0.3) is 0 Å². The molecule has 1 aliphatic heterocycles. The van der Waals surface area contributed by atoms with Crippen LogP contribution in [-0.4, -0.2) is 24.0 Å². The summed E-state index contributed by atoms with van der Waals surface area (Å²) in [7, 11) is 0. The van der Waals surface area contributed by atoms with E-state index in [9.17, 15) is 4.39 Å². The van der Waals surface area contributed by atoms with Crippen LogP contribution in [0, 0.1) is 5.82 Å². The van der Waals surface area contributed by atoms with Gasteiger partial charge in [0, 0.05) is 6.04 Å². The lowest BCUT2D eigenvalue weighted by molar-refractivity contribution is 0.253. The Balaban J connectivity index is 1.98. The van der Waals surface area contributed by atoms with Gasteiger partial charge in [-0.25, -0.2) is 4.39 Å². The van der Waals surface area contributed by atoms with Crippen molar-refractivity contribution < 1.29 is 4.39 Å². The molecular weight excluding hydrogens is 201 g/mol. The van der Waals surface area contributed by atoms with Gasteiger partial charge in [-0.05, 0) is 56.5 Å². The molecule has 1 saturated heterocycles. The molecule has 0 radical (unpaired) electrons. The van der Waals surface area contributed by atoms with Gasteiger partial charge in [-0.2, -0.15) is 0 Å². The fourth-order valence-electron chi connectivity index (χ4n) is 2.64. The monoisotopic (exact) mass is 221 g/mol. The van der Waals surface area contributed by atoms with E-state index < -0.39 is 0 Å². The first-order valence-corrected chi connectivity index (χ1v) is 6.28. The van der Waals surface area contributed by atoms with Crippen molar-refractivity contribution >= 4 is 0 Å². The van der Waals surface area contributed by atoms with E-state index in [0.29, 0.717) is 6.04 Å². The predicted molar refractivity (Wildman–Crippen MR) is 65.0 cm³/mol. The van der Waals surface area contributed by atoms with Crippen molar-refractivity contribution in [2.75, 3.05) is 13.1 Å². The van der Waals surface area contributed by atoms with E-state index in [1.54, 1.807) is 6.07 Å². The van der Waals surface area contributed by atoms with Gasteiger partial charge in [-0.15, -0.1) is 0 Å². The van der Waals surface area contributed by atoms with Crippen LogP contribution in [0.5, 0.6) is 0 Å². The molecule has 2 rings (SSSR count). The van der Waals surface area contributed by atoms with Gasteiger partial charge in [0.2, 0.25) is 0 Å². The summed E-state index contributed by atoms with van der Waals surface area (Å²) in [6.45, 7) is 4.62. The summed E-state index contributed by atoms with van der Waals surface area (Å²) in [5.74, 6) is -0.113. The van der Waals surface area contributed by atoms with Crippen molar-refractivity contribution in [2.24, 2.45) is 0 Å². The zero-order valence-electron chi connectivity index (χ0n) is 9.95. The minimum absolute atomic E-state index is 0.113. The van der Waals surface area contributed by atoms with E-state index in [1.807, 2.05) is 12.1 Å². The fraction of sp³-hybridized carbons (Fsp3) is 0.571. The molecule has 1 aliphatic rings. The Kier molecular flexibility index (Phi) is 3.94. The molecule has 2 heteroatoms. The summed E-state index contributed by atoms with van der Waals surface area (Å²) >= 11 is 0. The lowest BCUT2D eigenvalue weighted by Gasteiger charge is -2.23. The summed E-state index contributed by atoms with van der Waals surface area (Å²) in [5, 5.41) is 0. The number of benzene rings is 1. The zero-order chi connectivity index (χ0) is 11.4. The molecule has 0 aromatic heterocycles. The van der Waals surface area contributed by atoms with Gasteiger partial charge in [0.05, 0.1) is 0 Å². The average Bonchev–Trinajstić information content (AvgIpc) is 2.66. The Bertz CT molecular complexity index is 337. The van der Waals surface area contributed by atoms with E-state index in [4.69, 9.17) is 0 Å². The van der Waals surface area contributed by atoms with Gasteiger partial charge < -0.3 is 4.90 Å². The summed E-state index contributed by atoms with van der Waals surface area (Å²) < 4.78 is 13.1. The van der Waals surface area contributed by atoms with Crippen LogP contribution in [0.2, 0.25) is 0 Å². The Hall–Kier alpha value is -0.890. The first kappa shape index (κ1) is 11.6. The maximum Gasteiger partial charge on any atom is 0.123 e. The van der Waals surface area contributed by atoms with Crippen LogP contribution in [-0.2, 0) is 6.42 Å². The van der Waals surface area contributed by atoms with Gasteiger partial charge in [-0.1, -0.05) is 19.1 Å². The first-order chi connectivity index (χ1) is 7.79. The van der Waals surface area contributed by atoms with E-state index in [2.05, 4.69) is 11.8 Å². The van der Waals surface area contributed by atoms with Gasteiger partial charge in [-0.3, -0.25) is 0 Å². The molecule has 0 aliphatic carbocycles. The quantitative estimate of drug-likeness (QED) is 0.754. The molecule has 1 aromatic rings. The molecule has 1 fully saturated rings. The Morgan fingerprint density at radius 2 is 2.31 bits per heavy atom. The van der Waals surface area contributed by atoms with Crippen molar-refractivity contribution in [3.8, 4) is 0 Å². The van der Waals surface area contributed by atoms with Crippen LogP contribution in [0.1, 0.15) is 31.7 Å². The second-order valence-electron chi connectivity index (χ2n) is 4.67. The van der Waals surface area contributed by atoms with Crippen LogP contribution in [0.3, 0.4) is 0 Å². The summed E-state index contributed by atoms with van der Waals surface area (Å²) in [6.07, 6.45) is 4.76. The normalized spacial score (nSPS) is 21.5. The van der Waals surface area contributed by atoms with Gasteiger partial charge in [0.1, 0.15) is 5.82 Å². The number of rotatable bonds is 4. The second-order valence-corrected chi connectivity index (χ2v) is 4.67. The molecule has 88 valence electrons. The SMILES string of the molecule is CCCN1CCCC1Cc1cccc(F)c1. The highest BCUT2D eigenvalue weighted by atomic mass is 19.1. The van der Waals surface area contributed by atoms with Gasteiger partial charge in [0.25, 0.3) is 0 Å². The molecule has 0 amide bonds. The van der Waals surface area contributed by atoms with Crippen LogP contribution in [0.15, 0.2) is 24.3 Å². The standard InChI is InChI=1S/C14H20FN/c1-2-8-16-9-4-7-14(16)11-12-5-3-6-13(15)10-12/h3,5-6,10,14H,2,4,7-9,11H2,1H3. The van der Waals surface area contributed by atoms with Crippen molar-refractivity contribution in [3.63, 3.8) is 0 Å². The van der Waals surface area contributed by atoms with E-state index >= 15 is 0 Å². The lowest BCUT2D eigenvalue weighted by atomic mass is 10.0. The van der Waals surface area contributed by atoms with Crippen LogP contribution >= 0.6 is 0 Å². The third kappa shape index (κ3) is 2.82. The minimum atomic E-state index is -0.113. The van der Waals surface area contributed by atoms with Crippen molar-refractivity contribution in [1.29, 1.82) is 0 Å². The van der Waals surface area contributed by atoms with Gasteiger partial charge >= 0.3 is 0 Å². The third-order valence-corrected chi connectivity index (χ3v) is 3.37. The van der Waals surface area contributed by atoms with E-state index in [1.165, 1.54) is 38.4 Å². The second kappa shape index (κ2) is 5.44. The highest BCUT2D eigenvalue weighted by molar-refractivity contribution is 5.17. The fourth-order valence-corrected chi connectivity index (χ4v) is 2.64. The maximum atomic E-state index is 13.1. The molecule has 0 N–H and O–H groups in total. The molecule has 0 spiro atoms. The zero-order valence-corrected chi connectivity index (χ0v) is 9.95. The molecule has 1 atom stereocenters. The smallest absolute Gasteiger partial charge is 0.123 e. The molecule has 0 bridgehead atoms. The molecule has 1 aromatic carbocycles. The summed E-state index contributed by atoms with van der Waals surface area (Å²) in [4.78, 5) is 2.55. The van der Waals surface area contributed by atoms with Crippen LogP contribution < -0.4 is 0 Å². The van der Waals surface area contributed by atoms with Gasteiger partial charge in [0.15, 0.2) is 0 Å². The van der Waals surface area contributed by atoms with Crippen LogP contribution in [0.4, 0.5) is 4.39 Å². The highest BCUT2D eigenvalue weighted by Gasteiger charge is 2.23. The number of hydrogen-bond donors (Lipinski definition) is 0. The molecule has 1 unspecified atom stereocenters. The topological polar surface area (TPSA) is 3.24 Å². The average molecular weight is 221 g/mol. The summed E-state index contributed by atoms with van der Waals surface area (Å²) in [6, 6.07) is 7.65. The molecule has 16 heavy (non-hydrogen) atoms. The predicted octanol–water partition coefficient (Wildman–Crippen LogP) is 3.24. The number of likely N-dealkylation sites (tertiary alicyclic amines) is 1. The molecular formula is C14H20FN. The molecule has 1 heterocycles. The molecule has 1 nitrogen and oxygen atoms in total. The number of hydrogen-bond acceptors (Lipinski definition) is 1. The third-order valence-electron chi connectivity index (χ3n) is 3.37. The Labute approximate surface area is 97.3 Å². The number of nitrogens with zero attached hydrogens (tertiary/aromatic N) is 1. The Morgan fingerprint density at radius 3 is 3.06 bits per heavy atom.